The Bertz CT molecular complexity index is 951. The maximum absolute atomic E-state index is 6.15. The lowest BCUT2D eigenvalue weighted by Crippen LogP contribution is -1.97. The molecule has 0 aliphatic heterocycles. The highest BCUT2D eigenvalue weighted by Gasteiger charge is 2.23. The molecule has 0 amide bonds. The summed E-state index contributed by atoms with van der Waals surface area (Å²) in [7, 11) is 0. The first-order valence-corrected chi connectivity index (χ1v) is 8.05. The molecule has 2 N–H and O–H groups in total. The molecule has 4 rings (SSSR count). The van der Waals surface area contributed by atoms with Crippen LogP contribution < -0.4 is 0 Å². The summed E-state index contributed by atoms with van der Waals surface area (Å²) < 4.78 is 1.99. The summed E-state index contributed by atoms with van der Waals surface area (Å²) in [6.45, 7) is 0. The van der Waals surface area contributed by atoms with E-state index in [1.165, 1.54) is 11.3 Å². The van der Waals surface area contributed by atoms with E-state index in [1.807, 2.05) is 24.3 Å². The van der Waals surface area contributed by atoms with Crippen LogP contribution in [0.15, 0.2) is 29.4 Å². The minimum absolute atomic E-state index is 0.415. The fraction of sp³-hybridized carbons (Fsp3) is 0.200. The van der Waals surface area contributed by atoms with Gasteiger partial charge in [0.2, 0.25) is 10.6 Å². The summed E-state index contributed by atoms with van der Waals surface area (Å²) in [5, 5.41) is 19.6. The Morgan fingerprint density at radius 2 is 2.09 bits per heavy atom. The zero-order chi connectivity index (χ0) is 15.8. The third-order valence-corrected chi connectivity index (χ3v) is 4.49. The van der Waals surface area contributed by atoms with E-state index in [1.54, 1.807) is 10.9 Å². The number of hydrogen-bond acceptors (Lipinski definition) is 4. The minimum atomic E-state index is 0.415. The van der Waals surface area contributed by atoms with E-state index in [2.05, 4.69) is 25.5 Å². The molecule has 1 aromatic carbocycles. The van der Waals surface area contributed by atoms with Crippen LogP contribution >= 0.6 is 23.8 Å². The summed E-state index contributed by atoms with van der Waals surface area (Å²) in [5.41, 5.74) is 4.00. The van der Waals surface area contributed by atoms with Crippen LogP contribution in [0, 0.1) is 4.77 Å². The van der Waals surface area contributed by atoms with Gasteiger partial charge in [0.1, 0.15) is 5.69 Å². The Morgan fingerprint density at radius 3 is 2.96 bits per heavy atom. The summed E-state index contributed by atoms with van der Waals surface area (Å²) in [6, 6.07) is 7.49. The van der Waals surface area contributed by atoms with Crippen molar-refractivity contribution >= 4 is 30.0 Å². The molecule has 0 unspecified atom stereocenters. The van der Waals surface area contributed by atoms with Crippen LogP contribution in [0.4, 0.5) is 0 Å². The molecule has 2 aromatic heterocycles. The molecule has 0 saturated heterocycles. The molecule has 1 aliphatic rings. The highest BCUT2D eigenvalue weighted by atomic mass is 35.5. The molecule has 116 valence electrons. The Labute approximate surface area is 142 Å². The summed E-state index contributed by atoms with van der Waals surface area (Å²) in [6.07, 6.45) is 4.82. The molecule has 0 radical (unpaired) electrons. The first-order chi connectivity index (χ1) is 11.2. The minimum Gasteiger partial charge on any atom is -0.282 e. The molecular weight excluding hydrogens is 332 g/mol. The maximum Gasteiger partial charge on any atom is 0.216 e. The van der Waals surface area contributed by atoms with Crippen molar-refractivity contribution in [2.24, 2.45) is 5.10 Å². The number of aromatic amines is 2. The van der Waals surface area contributed by atoms with Gasteiger partial charge < -0.3 is 0 Å². The first-order valence-electron chi connectivity index (χ1n) is 7.27. The predicted octanol–water partition coefficient (Wildman–Crippen LogP) is 3.36. The lowest BCUT2D eigenvalue weighted by Gasteiger charge is -2.00. The fourth-order valence-corrected chi connectivity index (χ4v) is 3.12. The third-order valence-electron chi connectivity index (χ3n) is 3.89. The predicted molar refractivity (Wildman–Crippen MR) is 91.5 cm³/mol. The molecule has 3 aromatic rings. The third kappa shape index (κ3) is 2.51. The SMILES string of the molecule is S=c1[nH]nc(-c2n[nH]c3c2CCC3)n1/N=C\c1ccccc1Cl. The number of nitrogens with one attached hydrogen (secondary N) is 2. The number of rotatable bonds is 3. The first kappa shape index (κ1) is 14.3. The molecular formula is C15H13ClN6S. The monoisotopic (exact) mass is 344 g/mol. The Hall–Kier alpha value is -2.25. The second-order valence-electron chi connectivity index (χ2n) is 5.31. The molecule has 0 spiro atoms. The average molecular weight is 345 g/mol. The zero-order valence-electron chi connectivity index (χ0n) is 12.1. The van der Waals surface area contributed by atoms with Gasteiger partial charge in [-0.3, -0.25) is 5.10 Å². The zero-order valence-corrected chi connectivity index (χ0v) is 13.7. The van der Waals surface area contributed by atoms with Crippen molar-refractivity contribution in [2.75, 3.05) is 0 Å². The summed E-state index contributed by atoms with van der Waals surface area (Å²) >= 11 is 11.4. The molecule has 0 fully saturated rings. The van der Waals surface area contributed by atoms with Crippen molar-refractivity contribution in [3.63, 3.8) is 0 Å². The van der Waals surface area contributed by atoms with Crippen molar-refractivity contribution in [3.8, 4) is 11.5 Å². The van der Waals surface area contributed by atoms with Crippen LogP contribution in [-0.4, -0.2) is 31.3 Å². The Morgan fingerprint density at radius 1 is 1.22 bits per heavy atom. The Balaban J connectivity index is 1.77. The smallest absolute Gasteiger partial charge is 0.216 e. The number of aromatic nitrogens is 5. The lowest BCUT2D eigenvalue weighted by molar-refractivity contribution is 0.844. The van der Waals surface area contributed by atoms with Crippen LogP contribution in [0.1, 0.15) is 23.2 Å². The molecule has 6 nitrogen and oxygen atoms in total. The van der Waals surface area contributed by atoms with E-state index in [0.717, 1.165) is 30.5 Å². The fourth-order valence-electron chi connectivity index (χ4n) is 2.76. The molecule has 1 aliphatic carbocycles. The van der Waals surface area contributed by atoms with Crippen LogP contribution in [0.5, 0.6) is 0 Å². The van der Waals surface area contributed by atoms with Gasteiger partial charge in [-0.15, -0.1) is 0 Å². The Kier molecular flexibility index (Phi) is 3.59. The van der Waals surface area contributed by atoms with Crippen LogP contribution in [0.25, 0.3) is 11.5 Å². The number of benzene rings is 1. The van der Waals surface area contributed by atoms with Gasteiger partial charge in [-0.2, -0.15) is 20.0 Å². The maximum atomic E-state index is 6.15. The van der Waals surface area contributed by atoms with Crippen LogP contribution in [0.3, 0.4) is 0 Å². The van der Waals surface area contributed by atoms with Crippen LogP contribution in [-0.2, 0) is 12.8 Å². The molecule has 0 saturated carbocycles. The van der Waals surface area contributed by atoms with E-state index in [9.17, 15) is 0 Å². The molecule has 0 atom stereocenters. The topological polar surface area (TPSA) is 74.7 Å². The number of hydrogen-bond donors (Lipinski definition) is 2. The van der Waals surface area contributed by atoms with Gasteiger partial charge in [0.25, 0.3) is 0 Å². The van der Waals surface area contributed by atoms with E-state index >= 15 is 0 Å². The van der Waals surface area contributed by atoms with Crippen molar-refractivity contribution in [1.82, 2.24) is 25.1 Å². The molecule has 8 heteroatoms. The quantitative estimate of drug-likeness (QED) is 0.565. The number of nitrogens with zero attached hydrogens (tertiary/aromatic N) is 4. The van der Waals surface area contributed by atoms with E-state index < -0.39 is 0 Å². The van der Waals surface area contributed by atoms with Crippen molar-refractivity contribution in [2.45, 2.75) is 19.3 Å². The van der Waals surface area contributed by atoms with E-state index in [-0.39, 0.29) is 0 Å². The summed E-state index contributed by atoms with van der Waals surface area (Å²) in [5.74, 6) is 0.609. The standard InChI is InChI=1S/C15H13ClN6S/c16-11-6-2-1-4-9(11)8-17-22-14(20-21-15(22)23)13-10-5-3-7-12(10)18-19-13/h1-2,4,6,8H,3,5,7H2,(H,18,19)(H,21,23)/b17-8-. The number of H-pyrrole nitrogens is 2. The van der Waals surface area contributed by atoms with Gasteiger partial charge in [0.05, 0.1) is 6.21 Å². The van der Waals surface area contributed by atoms with Crippen molar-refractivity contribution in [1.29, 1.82) is 0 Å². The molecule has 23 heavy (non-hydrogen) atoms. The van der Waals surface area contributed by atoms with Crippen molar-refractivity contribution in [3.05, 3.63) is 50.9 Å². The molecule has 0 bridgehead atoms. The van der Waals surface area contributed by atoms with Crippen molar-refractivity contribution < 1.29 is 0 Å². The largest absolute Gasteiger partial charge is 0.282 e. The normalized spacial score (nSPS) is 13.8. The van der Waals surface area contributed by atoms with E-state index in [4.69, 9.17) is 23.8 Å². The number of halogens is 1. The van der Waals surface area contributed by atoms with Gasteiger partial charge in [-0.05, 0) is 37.5 Å². The molecule has 2 heterocycles. The van der Waals surface area contributed by atoms with Gasteiger partial charge in [0.15, 0.2) is 0 Å². The lowest BCUT2D eigenvalue weighted by atomic mass is 10.2. The van der Waals surface area contributed by atoms with Gasteiger partial charge >= 0.3 is 0 Å². The van der Waals surface area contributed by atoms with Gasteiger partial charge in [-0.25, -0.2) is 5.10 Å². The van der Waals surface area contributed by atoms with Gasteiger partial charge in [0, 0.05) is 21.8 Å². The van der Waals surface area contributed by atoms with Gasteiger partial charge in [-0.1, -0.05) is 29.8 Å². The number of aryl methyl sites for hydroxylation is 1. The summed E-state index contributed by atoms with van der Waals surface area (Å²) in [4.78, 5) is 0. The highest BCUT2D eigenvalue weighted by molar-refractivity contribution is 7.71. The van der Waals surface area contributed by atoms with Crippen LogP contribution in [0.2, 0.25) is 5.02 Å². The highest BCUT2D eigenvalue weighted by Crippen LogP contribution is 2.29. The second kappa shape index (κ2) is 5.75. The number of fused-ring (bicyclic) bond motifs is 1. The van der Waals surface area contributed by atoms with E-state index in [0.29, 0.717) is 15.6 Å². The second-order valence-corrected chi connectivity index (χ2v) is 6.11. The average Bonchev–Trinajstić information content (AvgIpc) is 3.23.